The molecule has 0 spiro atoms. The van der Waals surface area contributed by atoms with Gasteiger partial charge in [-0.1, -0.05) is 30.3 Å². The first-order valence-electron chi connectivity index (χ1n) is 7.88. The van der Waals surface area contributed by atoms with E-state index in [1.54, 1.807) is 0 Å². The number of rotatable bonds is 5. The second kappa shape index (κ2) is 7.27. The number of carbonyl (C=O) groups is 2. The molecular weight excluding hydrogens is 308 g/mol. The van der Waals surface area contributed by atoms with Crippen LogP contribution >= 0.6 is 0 Å². The lowest BCUT2D eigenvalue weighted by atomic mass is 10.0. The highest BCUT2D eigenvalue weighted by atomic mass is 16.5. The summed E-state index contributed by atoms with van der Waals surface area (Å²) >= 11 is 0. The van der Waals surface area contributed by atoms with Gasteiger partial charge in [0.2, 0.25) is 0 Å². The standard InChI is InChI=1S/C17H20N4O3/c1-24-15(22)9-14(11-5-3-2-4-6-11)19-17(23)16-12-10-18-8-7-13(12)20-21-16/h2-6,14,18H,7-10H2,1H3,(H,19,23)(H,20,21). The Bertz CT molecular complexity index is 727. The van der Waals surface area contributed by atoms with E-state index in [-0.39, 0.29) is 18.3 Å². The molecule has 0 radical (unpaired) electrons. The van der Waals surface area contributed by atoms with Crippen molar-refractivity contribution in [1.29, 1.82) is 0 Å². The van der Waals surface area contributed by atoms with Crippen molar-refractivity contribution >= 4 is 11.9 Å². The van der Waals surface area contributed by atoms with Gasteiger partial charge in [0, 0.05) is 30.8 Å². The zero-order valence-electron chi connectivity index (χ0n) is 13.5. The van der Waals surface area contributed by atoms with Gasteiger partial charge in [-0.2, -0.15) is 5.10 Å². The predicted molar refractivity (Wildman–Crippen MR) is 87.3 cm³/mol. The number of fused-ring (bicyclic) bond motifs is 1. The third kappa shape index (κ3) is 3.46. The zero-order valence-corrected chi connectivity index (χ0v) is 13.5. The van der Waals surface area contributed by atoms with Gasteiger partial charge in [0.15, 0.2) is 5.69 Å². The Kier molecular flexibility index (Phi) is 4.90. The largest absolute Gasteiger partial charge is 0.469 e. The molecule has 2 heterocycles. The minimum absolute atomic E-state index is 0.0666. The van der Waals surface area contributed by atoms with Crippen molar-refractivity contribution in [3.63, 3.8) is 0 Å². The number of nitrogens with zero attached hydrogens (tertiary/aromatic N) is 1. The monoisotopic (exact) mass is 328 g/mol. The van der Waals surface area contributed by atoms with Gasteiger partial charge < -0.3 is 15.4 Å². The van der Waals surface area contributed by atoms with Crippen LogP contribution in [0.4, 0.5) is 0 Å². The van der Waals surface area contributed by atoms with Crippen LogP contribution in [-0.2, 0) is 22.5 Å². The van der Waals surface area contributed by atoms with Crippen LogP contribution < -0.4 is 10.6 Å². The molecule has 1 aliphatic rings. The van der Waals surface area contributed by atoms with E-state index in [2.05, 4.69) is 20.8 Å². The SMILES string of the molecule is COC(=O)CC(NC(=O)c1n[nH]c2c1CNCC2)c1ccccc1. The summed E-state index contributed by atoms with van der Waals surface area (Å²) in [5.74, 6) is -0.677. The van der Waals surface area contributed by atoms with Crippen molar-refractivity contribution in [2.24, 2.45) is 0 Å². The van der Waals surface area contributed by atoms with Crippen molar-refractivity contribution in [1.82, 2.24) is 20.8 Å². The Hall–Kier alpha value is -2.67. The van der Waals surface area contributed by atoms with E-state index in [1.807, 2.05) is 30.3 Å². The number of amides is 1. The number of benzene rings is 1. The third-order valence-corrected chi connectivity index (χ3v) is 4.13. The van der Waals surface area contributed by atoms with Gasteiger partial charge in [0.05, 0.1) is 19.6 Å². The maximum Gasteiger partial charge on any atom is 0.307 e. The first-order chi connectivity index (χ1) is 11.7. The van der Waals surface area contributed by atoms with Crippen LogP contribution in [-0.4, -0.2) is 35.7 Å². The number of esters is 1. The first-order valence-corrected chi connectivity index (χ1v) is 7.88. The first kappa shape index (κ1) is 16.2. The summed E-state index contributed by atoms with van der Waals surface area (Å²) in [5, 5.41) is 13.2. The molecule has 0 saturated carbocycles. The number of nitrogens with one attached hydrogen (secondary N) is 3. The molecule has 0 fully saturated rings. The lowest BCUT2D eigenvalue weighted by Gasteiger charge is -2.18. The maximum absolute atomic E-state index is 12.7. The molecule has 24 heavy (non-hydrogen) atoms. The fourth-order valence-electron chi connectivity index (χ4n) is 2.83. The summed E-state index contributed by atoms with van der Waals surface area (Å²) in [4.78, 5) is 24.3. The molecule has 3 rings (SSSR count). The summed E-state index contributed by atoms with van der Waals surface area (Å²) < 4.78 is 4.74. The highest BCUT2D eigenvalue weighted by Gasteiger charge is 2.25. The topological polar surface area (TPSA) is 96.1 Å². The van der Waals surface area contributed by atoms with Gasteiger partial charge in [-0.3, -0.25) is 14.7 Å². The maximum atomic E-state index is 12.7. The summed E-state index contributed by atoms with van der Waals surface area (Å²) in [5.41, 5.74) is 3.11. The van der Waals surface area contributed by atoms with Gasteiger partial charge in [-0.25, -0.2) is 0 Å². The minimum Gasteiger partial charge on any atom is -0.469 e. The summed E-state index contributed by atoms with van der Waals surface area (Å²) in [6.45, 7) is 1.48. The molecular formula is C17H20N4O3. The number of hydrogen-bond acceptors (Lipinski definition) is 5. The van der Waals surface area contributed by atoms with Crippen LogP contribution in [0, 0.1) is 0 Å². The van der Waals surface area contributed by atoms with Crippen molar-refractivity contribution in [3.05, 3.63) is 52.8 Å². The predicted octanol–water partition coefficient (Wildman–Crippen LogP) is 1.09. The summed E-state index contributed by atoms with van der Waals surface area (Å²) in [7, 11) is 1.34. The Morgan fingerprint density at radius 1 is 1.33 bits per heavy atom. The fourth-order valence-corrected chi connectivity index (χ4v) is 2.83. The fraction of sp³-hybridized carbons (Fsp3) is 0.353. The number of aromatic amines is 1. The minimum atomic E-state index is -0.463. The Labute approximate surface area is 139 Å². The van der Waals surface area contributed by atoms with Gasteiger partial charge >= 0.3 is 5.97 Å². The Morgan fingerprint density at radius 3 is 2.88 bits per heavy atom. The van der Waals surface area contributed by atoms with Gasteiger partial charge in [-0.15, -0.1) is 0 Å². The van der Waals surface area contributed by atoms with E-state index in [9.17, 15) is 9.59 Å². The summed E-state index contributed by atoms with van der Waals surface area (Å²) in [6.07, 6.45) is 0.886. The van der Waals surface area contributed by atoms with Gasteiger partial charge in [0.25, 0.3) is 5.91 Å². The average molecular weight is 328 g/mol. The second-order valence-electron chi connectivity index (χ2n) is 5.67. The Balaban J connectivity index is 1.80. The zero-order chi connectivity index (χ0) is 16.9. The third-order valence-electron chi connectivity index (χ3n) is 4.13. The van der Waals surface area contributed by atoms with Crippen LogP contribution in [0.15, 0.2) is 30.3 Å². The summed E-state index contributed by atoms with van der Waals surface area (Å²) in [6, 6.07) is 8.90. The van der Waals surface area contributed by atoms with Crippen molar-refractivity contribution in [2.75, 3.05) is 13.7 Å². The molecule has 0 saturated heterocycles. The van der Waals surface area contributed by atoms with Crippen molar-refractivity contribution < 1.29 is 14.3 Å². The molecule has 1 amide bonds. The highest BCUT2D eigenvalue weighted by Crippen LogP contribution is 2.20. The number of aromatic nitrogens is 2. The lowest BCUT2D eigenvalue weighted by molar-refractivity contribution is -0.141. The molecule has 7 heteroatoms. The lowest BCUT2D eigenvalue weighted by Crippen LogP contribution is -2.32. The smallest absolute Gasteiger partial charge is 0.307 e. The quantitative estimate of drug-likeness (QED) is 0.714. The van der Waals surface area contributed by atoms with Crippen LogP contribution in [0.25, 0.3) is 0 Å². The van der Waals surface area contributed by atoms with E-state index in [1.165, 1.54) is 7.11 Å². The molecule has 1 aromatic carbocycles. The average Bonchev–Trinajstić information content (AvgIpc) is 3.06. The van der Waals surface area contributed by atoms with Crippen molar-refractivity contribution in [3.8, 4) is 0 Å². The van der Waals surface area contributed by atoms with Gasteiger partial charge in [-0.05, 0) is 5.56 Å². The Morgan fingerprint density at radius 2 is 2.12 bits per heavy atom. The number of hydrogen-bond donors (Lipinski definition) is 3. The molecule has 126 valence electrons. The van der Waals surface area contributed by atoms with E-state index < -0.39 is 6.04 Å². The normalized spacial score (nSPS) is 14.5. The van der Waals surface area contributed by atoms with Crippen LogP contribution in [0.5, 0.6) is 0 Å². The van der Waals surface area contributed by atoms with Crippen LogP contribution in [0.1, 0.15) is 39.8 Å². The molecule has 3 N–H and O–H groups in total. The van der Waals surface area contributed by atoms with E-state index in [0.717, 1.165) is 29.8 Å². The molecule has 0 bridgehead atoms. The molecule has 0 aliphatic carbocycles. The molecule has 1 aromatic heterocycles. The molecule has 7 nitrogen and oxygen atoms in total. The van der Waals surface area contributed by atoms with Crippen molar-refractivity contribution in [2.45, 2.75) is 25.4 Å². The molecule has 1 unspecified atom stereocenters. The molecule has 1 atom stereocenters. The molecule has 2 aromatic rings. The van der Waals surface area contributed by atoms with E-state index >= 15 is 0 Å². The number of methoxy groups -OCH3 is 1. The molecule has 1 aliphatic heterocycles. The number of ether oxygens (including phenoxy) is 1. The van der Waals surface area contributed by atoms with E-state index in [4.69, 9.17) is 4.74 Å². The highest BCUT2D eigenvalue weighted by molar-refractivity contribution is 5.94. The van der Waals surface area contributed by atoms with E-state index in [0.29, 0.717) is 12.2 Å². The van der Waals surface area contributed by atoms with Crippen LogP contribution in [0.2, 0.25) is 0 Å². The number of carbonyl (C=O) groups excluding carboxylic acids is 2. The number of H-pyrrole nitrogens is 1. The van der Waals surface area contributed by atoms with Gasteiger partial charge in [0.1, 0.15) is 0 Å². The second-order valence-corrected chi connectivity index (χ2v) is 5.67. The van der Waals surface area contributed by atoms with Crippen LogP contribution in [0.3, 0.4) is 0 Å².